The molecule has 1 fully saturated rings. The van der Waals surface area contributed by atoms with Crippen LogP contribution in [0.1, 0.15) is 12.8 Å². The Kier molecular flexibility index (Phi) is 2.51. The van der Waals surface area contributed by atoms with E-state index in [1.165, 1.54) is 7.11 Å². The number of carbonyl (C=O) groups is 1. The van der Waals surface area contributed by atoms with Crippen LogP contribution in [0, 0.1) is 0 Å². The van der Waals surface area contributed by atoms with E-state index in [0.717, 1.165) is 0 Å². The summed E-state index contributed by atoms with van der Waals surface area (Å²) in [7, 11) is 1.39. The summed E-state index contributed by atoms with van der Waals surface area (Å²) in [5.74, 6) is -1.89. The van der Waals surface area contributed by atoms with Gasteiger partial charge in [0.2, 0.25) is 0 Å². The van der Waals surface area contributed by atoms with Gasteiger partial charge >= 0.3 is 12.1 Å². The predicted octanol–water partition coefficient (Wildman–Crippen LogP) is 0.844. The van der Waals surface area contributed by atoms with E-state index in [2.05, 4.69) is 0 Å². The van der Waals surface area contributed by atoms with Crippen LogP contribution < -0.4 is 5.32 Å². The predicted molar refractivity (Wildman–Crippen MR) is 38.0 cm³/mol. The first-order valence-corrected chi connectivity index (χ1v) is 3.78. The molecule has 1 N–H and O–H groups in total. The molecule has 0 aromatic carbocycles. The molecule has 1 aliphatic rings. The molecular formula is C7H10F3NO2. The van der Waals surface area contributed by atoms with E-state index in [1.807, 2.05) is 5.32 Å². The second-order valence-corrected chi connectivity index (χ2v) is 3.17. The van der Waals surface area contributed by atoms with Crippen LogP contribution in [0.5, 0.6) is 0 Å². The average Bonchev–Trinajstić information content (AvgIpc) is 2.67. The number of ether oxygens (including phenoxy) is 1. The molecule has 0 aromatic heterocycles. The second kappa shape index (κ2) is 3.17. The number of carbonyl (C=O) groups excluding carboxylic acids is 1. The Labute approximate surface area is 73.2 Å². The third-order valence-corrected chi connectivity index (χ3v) is 1.91. The molecule has 1 rings (SSSR count). The number of hydrogen-bond donors (Lipinski definition) is 1. The minimum Gasteiger partial charge on any atom is -0.382 e. The van der Waals surface area contributed by atoms with Gasteiger partial charge in [-0.2, -0.15) is 13.2 Å². The van der Waals surface area contributed by atoms with Crippen LogP contribution in [0.4, 0.5) is 13.2 Å². The van der Waals surface area contributed by atoms with Crippen LogP contribution in [0.3, 0.4) is 0 Å². The van der Waals surface area contributed by atoms with Crippen molar-refractivity contribution >= 4 is 5.91 Å². The Morgan fingerprint density at radius 2 is 2.08 bits per heavy atom. The summed E-state index contributed by atoms with van der Waals surface area (Å²) in [5.41, 5.74) is -0.763. The van der Waals surface area contributed by atoms with Crippen molar-refractivity contribution in [2.75, 3.05) is 13.7 Å². The third-order valence-electron chi connectivity index (χ3n) is 1.91. The minimum absolute atomic E-state index is 0.134. The lowest BCUT2D eigenvalue weighted by molar-refractivity contribution is -0.175. The number of rotatable bonds is 3. The summed E-state index contributed by atoms with van der Waals surface area (Å²) in [4.78, 5) is 10.5. The standard InChI is InChI=1S/C7H10F3NO2/c1-13-4-6(2-3-6)11-5(12)7(8,9)10/h2-4H2,1H3,(H,11,12). The van der Waals surface area contributed by atoms with Crippen LogP contribution >= 0.6 is 0 Å². The van der Waals surface area contributed by atoms with Crippen molar-refractivity contribution in [3.63, 3.8) is 0 Å². The van der Waals surface area contributed by atoms with Crippen molar-refractivity contribution in [3.05, 3.63) is 0 Å². The molecule has 3 nitrogen and oxygen atoms in total. The van der Waals surface area contributed by atoms with Gasteiger partial charge in [0.1, 0.15) is 0 Å². The Balaban J connectivity index is 2.45. The van der Waals surface area contributed by atoms with Crippen molar-refractivity contribution in [2.24, 2.45) is 0 Å². The van der Waals surface area contributed by atoms with Gasteiger partial charge in [-0.15, -0.1) is 0 Å². The van der Waals surface area contributed by atoms with E-state index >= 15 is 0 Å². The molecule has 0 aromatic rings. The molecule has 0 spiro atoms. The first-order chi connectivity index (χ1) is 5.90. The van der Waals surface area contributed by atoms with Crippen molar-refractivity contribution in [3.8, 4) is 0 Å². The van der Waals surface area contributed by atoms with Gasteiger partial charge in [0.05, 0.1) is 12.1 Å². The molecule has 76 valence electrons. The van der Waals surface area contributed by atoms with Crippen LogP contribution in [0.15, 0.2) is 0 Å². The molecule has 1 amide bonds. The maximum atomic E-state index is 11.8. The molecule has 0 heterocycles. The van der Waals surface area contributed by atoms with E-state index in [-0.39, 0.29) is 6.61 Å². The van der Waals surface area contributed by atoms with E-state index in [1.54, 1.807) is 0 Å². The third kappa shape index (κ3) is 2.58. The van der Waals surface area contributed by atoms with Crippen molar-refractivity contribution < 1.29 is 22.7 Å². The number of halogens is 3. The summed E-state index contributed by atoms with van der Waals surface area (Å²) in [6.45, 7) is 0.134. The normalized spacial score (nSPS) is 19.7. The molecule has 13 heavy (non-hydrogen) atoms. The summed E-state index contributed by atoms with van der Waals surface area (Å²) in [6.07, 6.45) is -3.71. The second-order valence-electron chi connectivity index (χ2n) is 3.17. The van der Waals surface area contributed by atoms with Gasteiger partial charge in [-0.05, 0) is 12.8 Å². The van der Waals surface area contributed by atoms with Gasteiger partial charge < -0.3 is 10.1 Å². The van der Waals surface area contributed by atoms with E-state index < -0.39 is 17.6 Å². The molecule has 0 atom stereocenters. The van der Waals surface area contributed by atoms with Crippen molar-refractivity contribution in [1.29, 1.82) is 0 Å². The Morgan fingerprint density at radius 3 is 2.38 bits per heavy atom. The van der Waals surface area contributed by atoms with E-state index in [4.69, 9.17) is 4.74 Å². The van der Waals surface area contributed by atoms with Gasteiger partial charge in [0, 0.05) is 7.11 Å². The smallest absolute Gasteiger partial charge is 0.382 e. The quantitative estimate of drug-likeness (QED) is 0.728. The summed E-state index contributed by atoms with van der Waals surface area (Å²) < 4.78 is 40.1. The lowest BCUT2D eigenvalue weighted by atomic mass is 10.3. The van der Waals surface area contributed by atoms with Crippen molar-refractivity contribution in [2.45, 2.75) is 24.6 Å². The number of nitrogens with one attached hydrogen (secondary N) is 1. The molecule has 0 saturated heterocycles. The van der Waals surface area contributed by atoms with Gasteiger partial charge in [0.15, 0.2) is 0 Å². The molecular weight excluding hydrogens is 187 g/mol. The summed E-state index contributed by atoms with van der Waals surface area (Å²) in [6, 6.07) is 0. The first-order valence-electron chi connectivity index (χ1n) is 3.78. The number of hydrogen-bond acceptors (Lipinski definition) is 2. The Bertz CT molecular complexity index is 210. The fourth-order valence-electron chi connectivity index (χ4n) is 1.04. The fraction of sp³-hybridized carbons (Fsp3) is 0.857. The number of methoxy groups -OCH3 is 1. The Morgan fingerprint density at radius 1 is 1.54 bits per heavy atom. The minimum atomic E-state index is -4.80. The summed E-state index contributed by atoms with van der Waals surface area (Å²) >= 11 is 0. The zero-order chi connectivity index (χ0) is 10.1. The molecule has 1 saturated carbocycles. The van der Waals surface area contributed by atoms with Gasteiger partial charge in [-0.1, -0.05) is 0 Å². The van der Waals surface area contributed by atoms with Gasteiger partial charge in [-0.3, -0.25) is 4.79 Å². The summed E-state index contributed by atoms with van der Waals surface area (Å²) in [5, 5.41) is 1.92. The number of alkyl halides is 3. The molecule has 1 aliphatic carbocycles. The molecule has 0 aliphatic heterocycles. The van der Waals surface area contributed by atoms with E-state index in [0.29, 0.717) is 12.8 Å². The SMILES string of the molecule is COCC1(NC(=O)C(F)(F)F)CC1. The van der Waals surface area contributed by atoms with Gasteiger partial charge in [-0.25, -0.2) is 0 Å². The van der Waals surface area contributed by atoms with Crippen LogP contribution in [-0.4, -0.2) is 31.3 Å². The highest BCUT2D eigenvalue weighted by molar-refractivity contribution is 5.82. The number of amides is 1. The highest BCUT2D eigenvalue weighted by atomic mass is 19.4. The van der Waals surface area contributed by atoms with Crippen LogP contribution in [0.25, 0.3) is 0 Å². The lowest BCUT2D eigenvalue weighted by Crippen LogP contribution is -2.46. The molecule has 0 bridgehead atoms. The monoisotopic (exact) mass is 197 g/mol. The highest BCUT2D eigenvalue weighted by Gasteiger charge is 2.49. The average molecular weight is 197 g/mol. The molecule has 6 heteroatoms. The topological polar surface area (TPSA) is 38.3 Å². The molecule has 0 radical (unpaired) electrons. The Hall–Kier alpha value is -0.780. The van der Waals surface area contributed by atoms with Crippen LogP contribution in [0.2, 0.25) is 0 Å². The van der Waals surface area contributed by atoms with Crippen molar-refractivity contribution in [1.82, 2.24) is 5.32 Å². The fourth-order valence-corrected chi connectivity index (χ4v) is 1.04. The zero-order valence-electron chi connectivity index (χ0n) is 7.07. The van der Waals surface area contributed by atoms with E-state index in [9.17, 15) is 18.0 Å². The lowest BCUT2D eigenvalue weighted by Gasteiger charge is -2.17. The zero-order valence-corrected chi connectivity index (χ0v) is 7.07. The van der Waals surface area contributed by atoms with Crippen LogP contribution in [-0.2, 0) is 9.53 Å². The molecule has 0 unspecified atom stereocenters. The van der Waals surface area contributed by atoms with Gasteiger partial charge in [0.25, 0.3) is 0 Å². The maximum absolute atomic E-state index is 11.8. The highest BCUT2D eigenvalue weighted by Crippen LogP contribution is 2.36. The maximum Gasteiger partial charge on any atom is 0.471 e. The largest absolute Gasteiger partial charge is 0.471 e. The first kappa shape index (κ1) is 10.3.